The lowest BCUT2D eigenvalue weighted by molar-refractivity contribution is 0.286. The average Bonchev–Trinajstić information content (AvgIpc) is 2.86. The van der Waals surface area contributed by atoms with Gasteiger partial charge in [0.15, 0.2) is 5.43 Å². The fraction of sp³-hybridized carbons (Fsp3) is 0.222. The molecule has 0 aliphatic carbocycles. The Bertz CT molecular complexity index is 1620. The maximum Gasteiger partial charge on any atom is 0.583 e. The van der Waals surface area contributed by atoms with Crippen LogP contribution in [-0.4, -0.2) is 37.4 Å². The van der Waals surface area contributed by atoms with E-state index < -0.39 is 7.12 Å². The summed E-state index contributed by atoms with van der Waals surface area (Å²) in [5, 5.41) is 18.2. The maximum atomic E-state index is 13.2. The van der Waals surface area contributed by atoms with Crippen LogP contribution in [0.5, 0.6) is 0 Å². The number of hydrogen-bond donors (Lipinski definition) is 2. The normalized spacial score (nSPS) is 13.3. The third kappa shape index (κ3) is 4.56. The standard InChI is InChI=1S/C27H26BClN4O4/c1-14-10-19(26-20(11-14)25(34)15(2)27(36-26)33(4)5)16(3)31-22-8-9-23(29)32-24(22)17-6-7-21-18(12-17)13-30-37-28(21)35/h6-13,16,31,35H,1-5H3/t16-/m0/s1. The number of nitrogens with one attached hydrogen (secondary N) is 1. The van der Waals surface area contributed by atoms with Gasteiger partial charge in [0.05, 0.1) is 34.6 Å². The lowest BCUT2D eigenvalue weighted by atomic mass is 9.75. The Morgan fingerprint density at radius 2 is 1.92 bits per heavy atom. The van der Waals surface area contributed by atoms with Gasteiger partial charge in [0.2, 0.25) is 5.88 Å². The van der Waals surface area contributed by atoms with E-state index >= 15 is 0 Å². The van der Waals surface area contributed by atoms with Crippen LogP contribution >= 0.6 is 11.6 Å². The van der Waals surface area contributed by atoms with Crippen LogP contribution in [0.3, 0.4) is 0 Å². The maximum absolute atomic E-state index is 13.2. The van der Waals surface area contributed by atoms with Crippen molar-refractivity contribution in [3.05, 3.63) is 80.1 Å². The van der Waals surface area contributed by atoms with Crippen molar-refractivity contribution in [2.24, 2.45) is 5.16 Å². The van der Waals surface area contributed by atoms with Crippen molar-refractivity contribution in [2.75, 3.05) is 24.3 Å². The first-order chi connectivity index (χ1) is 17.6. The monoisotopic (exact) mass is 516 g/mol. The molecule has 0 spiro atoms. The predicted molar refractivity (Wildman–Crippen MR) is 149 cm³/mol. The minimum absolute atomic E-state index is 0.0437. The molecule has 10 heteroatoms. The highest BCUT2D eigenvalue weighted by Gasteiger charge is 2.26. The van der Waals surface area contributed by atoms with E-state index in [4.69, 9.17) is 20.8 Å². The summed E-state index contributed by atoms with van der Waals surface area (Å²) in [6.07, 6.45) is 1.55. The molecule has 0 saturated heterocycles. The number of hydrogen-bond acceptors (Lipinski definition) is 8. The number of aromatic nitrogens is 1. The van der Waals surface area contributed by atoms with Crippen molar-refractivity contribution in [1.82, 2.24) is 4.98 Å². The average molecular weight is 517 g/mol. The first-order valence-electron chi connectivity index (χ1n) is 11.8. The summed E-state index contributed by atoms with van der Waals surface area (Å²) in [6.45, 7) is 5.76. The predicted octanol–water partition coefficient (Wildman–Crippen LogP) is 4.42. The van der Waals surface area contributed by atoms with Crippen molar-refractivity contribution in [3.8, 4) is 11.3 Å². The Labute approximate surface area is 219 Å². The summed E-state index contributed by atoms with van der Waals surface area (Å²) in [7, 11) is 2.60. The number of fused-ring (bicyclic) bond motifs is 2. The molecule has 188 valence electrons. The second kappa shape index (κ2) is 9.57. The Morgan fingerprint density at radius 1 is 1.14 bits per heavy atom. The van der Waals surface area contributed by atoms with E-state index in [0.29, 0.717) is 38.7 Å². The van der Waals surface area contributed by atoms with Crippen molar-refractivity contribution < 1.29 is 14.2 Å². The second-order valence-electron chi connectivity index (χ2n) is 9.42. The van der Waals surface area contributed by atoms with E-state index in [0.717, 1.165) is 27.9 Å². The Hall–Kier alpha value is -3.82. The van der Waals surface area contributed by atoms with E-state index in [1.54, 1.807) is 30.2 Å². The van der Waals surface area contributed by atoms with E-state index in [1.165, 1.54) is 0 Å². The van der Waals surface area contributed by atoms with E-state index in [1.807, 2.05) is 58.3 Å². The molecule has 0 unspecified atom stereocenters. The van der Waals surface area contributed by atoms with Gasteiger partial charge < -0.3 is 24.4 Å². The van der Waals surface area contributed by atoms with Gasteiger partial charge in [0, 0.05) is 30.7 Å². The van der Waals surface area contributed by atoms with Crippen LogP contribution in [0, 0.1) is 13.8 Å². The third-order valence-electron chi connectivity index (χ3n) is 6.45. The zero-order valence-corrected chi connectivity index (χ0v) is 21.9. The molecule has 4 aromatic rings. The number of benzene rings is 2. The number of rotatable bonds is 5. The summed E-state index contributed by atoms with van der Waals surface area (Å²) >= 11 is 6.29. The summed E-state index contributed by atoms with van der Waals surface area (Å²) in [4.78, 5) is 19.6. The zero-order valence-electron chi connectivity index (χ0n) is 21.2. The van der Waals surface area contributed by atoms with Gasteiger partial charge in [-0.15, -0.1) is 5.16 Å². The summed E-state index contributed by atoms with van der Waals surface area (Å²) in [5.41, 5.74) is 6.43. The molecule has 8 nitrogen and oxygen atoms in total. The van der Waals surface area contributed by atoms with Crippen molar-refractivity contribution >= 4 is 52.9 Å². The third-order valence-corrected chi connectivity index (χ3v) is 6.66. The van der Waals surface area contributed by atoms with Crippen molar-refractivity contribution in [2.45, 2.75) is 26.8 Å². The lowest BCUT2D eigenvalue weighted by Crippen LogP contribution is -2.37. The molecular weight excluding hydrogens is 491 g/mol. The van der Waals surface area contributed by atoms with Gasteiger partial charge in [-0.1, -0.05) is 29.8 Å². The highest BCUT2D eigenvalue weighted by Crippen LogP contribution is 2.34. The fourth-order valence-electron chi connectivity index (χ4n) is 4.65. The molecule has 1 atom stereocenters. The smallest absolute Gasteiger partial charge is 0.440 e. The largest absolute Gasteiger partial charge is 0.583 e. The molecular formula is C27H26BClN4O4. The van der Waals surface area contributed by atoms with Crippen LogP contribution in [0.4, 0.5) is 11.6 Å². The summed E-state index contributed by atoms with van der Waals surface area (Å²) in [5.74, 6) is 0.533. The van der Waals surface area contributed by atoms with Gasteiger partial charge in [-0.3, -0.25) is 4.79 Å². The molecule has 3 heterocycles. The van der Waals surface area contributed by atoms with Crippen LogP contribution in [0.2, 0.25) is 5.15 Å². The van der Waals surface area contributed by atoms with Crippen LogP contribution in [-0.2, 0) is 4.76 Å². The number of halogens is 1. The van der Waals surface area contributed by atoms with Gasteiger partial charge in [-0.2, -0.15) is 0 Å². The molecule has 37 heavy (non-hydrogen) atoms. The molecule has 2 aromatic heterocycles. The van der Waals surface area contributed by atoms with Gasteiger partial charge >= 0.3 is 7.12 Å². The molecule has 1 aliphatic rings. The quantitative estimate of drug-likeness (QED) is 0.299. The molecule has 0 radical (unpaired) electrons. The number of pyridine rings is 1. The molecule has 5 rings (SSSR count). The first-order valence-corrected chi connectivity index (χ1v) is 12.2. The summed E-state index contributed by atoms with van der Waals surface area (Å²) < 4.78 is 11.2. The minimum Gasteiger partial charge on any atom is -0.440 e. The Kier molecular flexibility index (Phi) is 6.43. The van der Waals surface area contributed by atoms with Crippen LogP contribution in [0.25, 0.3) is 22.2 Å². The topological polar surface area (TPSA) is 100 Å². The SMILES string of the molecule is Cc1cc([C@H](C)Nc2ccc(Cl)nc2-c2ccc3c(c2)C=NOB3O)c2oc(N(C)C)c(C)c(=O)c2c1. The van der Waals surface area contributed by atoms with Gasteiger partial charge in [-0.25, -0.2) is 4.98 Å². The molecule has 0 bridgehead atoms. The number of nitrogens with zero attached hydrogens (tertiary/aromatic N) is 3. The molecule has 2 aromatic carbocycles. The van der Waals surface area contributed by atoms with Crippen LogP contribution in [0.1, 0.15) is 35.2 Å². The van der Waals surface area contributed by atoms with E-state index in [9.17, 15) is 9.82 Å². The lowest BCUT2D eigenvalue weighted by Gasteiger charge is -2.22. The molecule has 1 aliphatic heterocycles. The van der Waals surface area contributed by atoms with E-state index in [-0.39, 0.29) is 11.5 Å². The van der Waals surface area contributed by atoms with Gasteiger partial charge in [0.25, 0.3) is 0 Å². The van der Waals surface area contributed by atoms with Crippen molar-refractivity contribution in [3.63, 3.8) is 0 Å². The highest BCUT2D eigenvalue weighted by atomic mass is 35.5. The van der Waals surface area contributed by atoms with Crippen LogP contribution < -0.4 is 21.1 Å². The minimum atomic E-state index is -1.11. The molecule has 0 fully saturated rings. The van der Waals surface area contributed by atoms with E-state index in [2.05, 4.69) is 15.5 Å². The summed E-state index contributed by atoms with van der Waals surface area (Å²) in [6, 6.07) is 12.8. The molecule has 0 saturated carbocycles. The first kappa shape index (κ1) is 24.9. The van der Waals surface area contributed by atoms with Gasteiger partial charge in [0.1, 0.15) is 10.7 Å². The van der Waals surface area contributed by atoms with Crippen LogP contribution in [0.15, 0.2) is 56.8 Å². The zero-order chi connectivity index (χ0) is 26.4. The number of oxime groups is 1. The fourth-order valence-corrected chi connectivity index (χ4v) is 4.80. The molecule has 2 N–H and O–H groups in total. The highest BCUT2D eigenvalue weighted by molar-refractivity contribution is 6.62. The Morgan fingerprint density at radius 3 is 2.68 bits per heavy atom. The number of anilines is 2. The number of aryl methyl sites for hydroxylation is 1. The Balaban J connectivity index is 1.60. The van der Waals surface area contributed by atoms with Crippen molar-refractivity contribution in [1.29, 1.82) is 0 Å². The second-order valence-corrected chi connectivity index (χ2v) is 9.81. The molecule has 0 amide bonds. The van der Waals surface area contributed by atoms with Gasteiger partial charge in [-0.05, 0) is 56.2 Å².